The molecule has 49 heavy (non-hydrogen) atoms. The van der Waals surface area contributed by atoms with Crippen molar-refractivity contribution < 1.29 is 38.7 Å². The van der Waals surface area contributed by atoms with Gasteiger partial charge in [0.2, 0.25) is 5.60 Å². The summed E-state index contributed by atoms with van der Waals surface area (Å²) < 4.78 is 5.14. The van der Waals surface area contributed by atoms with Gasteiger partial charge in [0.05, 0.1) is 27.7 Å². The number of carbonyl (C=O) groups excluding carboxylic acids is 4. The standard InChI is InChI=1S/C38H33Cl2NO8/c1-23(17-32(42)28-14-7-12-25-11-5-6-13-27(25)28)31-21-38(49-41-31,20-24-9-3-2-4-10-24)34(44)18-26(19-35(45)46)33(43)22-48-37(47)36-29(39)15-8-16-30(36)40/h2-16,23,26H,17-22H2,1H3,(H,45,46)/t23-,26+,38?/m1/s1. The third-order valence-electron chi connectivity index (χ3n) is 8.62. The zero-order valence-electron chi connectivity index (χ0n) is 26.6. The second kappa shape index (κ2) is 15.6. The lowest BCUT2D eigenvalue weighted by molar-refractivity contribution is -0.147. The van der Waals surface area contributed by atoms with E-state index in [9.17, 15) is 29.1 Å². The topological polar surface area (TPSA) is 136 Å². The Morgan fingerprint density at radius 2 is 1.51 bits per heavy atom. The number of halogens is 2. The quantitative estimate of drug-likeness (QED) is 0.0989. The van der Waals surface area contributed by atoms with Crippen LogP contribution in [0.5, 0.6) is 0 Å². The van der Waals surface area contributed by atoms with Gasteiger partial charge in [0.15, 0.2) is 24.0 Å². The molecule has 0 spiro atoms. The molecule has 0 radical (unpaired) electrons. The summed E-state index contributed by atoms with van der Waals surface area (Å²) in [6.07, 6.45) is -0.933. The van der Waals surface area contributed by atoms with E-state index in [0.717, 1.165) is 16.3 Å². The summed E-state index contributed by atoms with van der Waals surface area (Å²) in [5, 5.41) is 15.7. The van der Waals surface area contributed by atoms with Crippen molar-refractivity contribution in [2.24, 2.45) is 17.0 Å². The number of hydrogen-bond donors (Lipinski definition) is 1. The molecule has 4 aromatic rings. The lowest BCUT2D eigenvalue weighted by Crippen LogP contribution is -2.43. The number of carboxylic acids is 1. The predicted octanol–water partition coefficient (Wildman–Crippen LogP) is 7.59. The number of oxime groups is 1. The van der Waals surface area contributed by atoms with Gasteiger partial charge in [-0.15, -0.1) is 0 Å². The fourth-order valence-electron chi connectivity index (χ4n) is 5.95. The molecule has 4 aromatic carbocycles. The van der Waals surface area contributed by atoms with Crippen LogP contribution < -0.4 is 0 Å². The molecular weight excluding hydrogens is 669 g/mol. The van der Waals surface area contributed by atoms with E-state index in [1.165, 1.54) is 18.2 Å². The Labute approximate surface area is 292 Å². The van der Waals surface area contributed by atoms with Gasteiger partial charge in [-0.05, 0) is 28.5 Å². The van der Waals surface area contributed by atoms with Gasteiger partial charge in [0, 0.05) is 43.1 Å². The molecule has 5 rings (SSSR count). The first-order chi connectivity index (χ1) is 23.5. The number of esters is 1. The van der Waals surface area contributed by atoms with Gasteiger partial charge in [0.25, 0.3) is 0 Å². The van der Waals surface area contributed by atoms with Crippen LogP contribution in [-0.2, 0) is 30.4 Å². The van der Waals surface area contributed by atoms with Crippen molar-refractivity contribution in [1.82, 2.24) is 0 Å². The number of ether oxygens (including phenoxy) is 1. The summed E-state index contributed by atoms with van der Waals surface area (Å²) in [6, 6.07) is 26.7. The summed E-state index contributed by atoms with van der Waals surface area (Å²) in [7, 11) is 0. The number of carboxylic acid groups (broad SMARTS) is 1. The molecule has 1 unspecified atom stereocenters. The lowest BCUT2D eigenvalue weighted by Gasteiger charge is -2.27. The summed E-state index contributed by atoms with van der Waals surface area (Å²) in [5.41, 5.74) is 0.168. The van der Waals surface area contributed by atoms with Gasteiger partial charge in [-0.2, -0.15) is 0 Å². The van der Waals surface area contributed by atoms with E-state index in [2.05, 4.69) is 5.16 Å². The number of aliphatic carboxylic acids is 1. The first kappa shape index (κ1) is 35.4. The van der Waals surface area contributed by atoms with E-state index >= 15 is 0 Å². The molecule has 1 aliphatic heterocycles. The van der Waals surface area contributed by atoms with Gasteiger partial charge < -0.3 is 14.7 Å². The Balaban J connectivity index is 1.32. The zero-order valence-corrected chi connectivity index (χ0v) is 28.1. The molecule has 9 nitrogen and oxygen atoms in total. The van der Waals surface area contributed by atoms with Gasteiger partial charge in [-0.25, -0.2) is 4.79 Å². The van der Waals surface area contributed by atoms with Gasteiger partial charge in [-0.1, -0.05) is 114 Å². The third kappa shape index (κ3) is 8.42. The van der Waals surface area contributed by atoms with E-state index in [4.69, 9.17) is 32.8 Å². The molecule has 1 N–H and O–H groups in total. The molecule has 11 heteroatoms. The zero-order chi connectivity index (χ0) is 35.1. The molecular formula is C38H33Cl2NO8. The number of Topliss-reactive ketones (excluding diaryl/α,β-unsaturated/α-hetero) is 3. The summed E-state index contributed by atoms with van der Waals surface area (Å²) >= 11 is 12.1. The van der Waals surface area contributed by atoms with Crippen LogP contribution >= 0.6 is 23.2 Å². The van der Waals surface area contributed by atoms with Crippen LogP contribution in [0.2, 0.25) is 10.0 Å². The second-order valence-corrected chi connectivity index (χ2v) is 12.9. The highest BCUT2D eigenvalue weighted by Crippen LogP contribution is 2.35. The highest BCUT2D eigenvalue weighted by atomic mass is 35.5. The number of carbonyl (C=O) groups is 5. The van der Waals surface area contributed by atoms with Crippen LogP contribution in [0.25, 0.3) is 10.8 Å². The van der Waals surface area contributed by atoms with Gasteiger partial charge in [-0.3, -0.25) is 19.2 Å². The van der Waals surface area contributed by atoms with Crippen molar-refractivity contribution in [1.29, 1.82) is 0 Å². The second-order valence-electron chi connectivity index (χ2n) is 12.1. The van der Waals surface area contributed by atoms with E-state index in [1.807, 2.05) is 73.7 Å². The first-order valence-corrected chi connectivity index (χ1v) is 16.4. The maximum absolute atomic E-state index is 14.1. The predicted molar refractivity (Wildman–Crippen MR) is 185 cm³/mol. The van der Waals surface area contributed by atoms with Crippen molar-refractivity contribution in [3.63, 3.8) is 0 Å². The minimum atomic E-state index is -1.55. The number of nitrogens with zero attached hydrogens (tertiary/aromatic N) is 1. The summed E-state index contributed by atoms with van der Waals surface area (Å²) in [4.78, 5) is 71.2. The number of hydrogen-bond acceptors (Lipinski definition) is 8. The van der Waals surface area contributed by atoms with Gasteiger partial charge in [0.1, 0.15) is 0 Å². The third-order valence-corrected chi connectivity index (χ3v) is 9.25. The number of fused-ring (bicyclic) bond motifs is 1. The highest BCUT2D eigenvalue weighted by molar-refractivity contribution is 6.39. The van der Waals surface area contributed by atoms with Crippen LogP contribution in [-0.4, -0.2) is 52.3 Å². The van der Waals surface area contributed by atoms with Crippen molar-refractivity contribution in [3.05, 3.63) is 118 Å². The van der Waals surface area contributed by atoms with Crippen molar-refractivity contribution >= 4 is 69.0 Å². The minimum Gasteiger partial charge on any atom is -0.481 e. The molecule has 252 valence electrons. The molecule has 0 amide bonds. The van der Waals surface area contributed by atoms with E-state index in [1.54, 1.807) is 6.07 Å². The largest absolute Gasteiger partial charge is 0.481 e. The molecule has 0 aliphatic carbocycles. The Morgan fingerprint density at radius 3 is 2.22 bits per heavy atom. The van der Waals surface area contributed by atoms with E-state index in [-0.39, 0.29) is 46.6 Å². The Bertz CT molecular complexity index is 1920. The average molecular weight is 703 g/mol. The number of rotatable bonds is 15. The average Bonchev–Trinajstić information content (AvgIpc) is 3.52. The number of benzene rings is 4. The molecule has 0 saturated heterocycles. The summed E-state index contributed by atoms with van der Waals surface area (Å²) in [6.45, 7) is 1.04. The molecule has 1 heterocycles. The van der Waals surface area contributed by atoms with Crippen LogP contribution in [0, 0.1) is 11.8 Å². The maximum Gasteiger partial charge on any atom is 0.341 e. The lowest BCUT2D eigenvalue weighted by atomic mass is 9.79. The summed E-state index contributed by atoms with van der Waals surface area (Å²) in [5.74, 6) is -5.38. The van der Waals surface area contributed by atoms with Crippen LogP contribution in [0.4, 0.5) is 0 Å². The molecule has 0 bridgehead atoms. The van der Waals surface area contributed by atoms with Crippen LogP contribution in [0.1, 0.15) is 58.9 Å². The van der Waals surface area contributed by atoms with Gasteiger partial charge >= 0.3 is 11.9 Å². The SMILES string of the molecule is C[C@H](CC(=O)c1cccc2ccccc12)C1=NOC(Cc2ccccc2)(C(=O)C[C@@H](CC(=O)O)C(=O)COC(=O)c2c(Cl)cccc2Cl)C1. The van der Waals surface area contributed by atoms with Crippen molar-refractivity contribution in [3.8, 4) is 0 Å². The smallest absolute Gasteiger partial charge is 0.341 e. The molecule has 1 aliphatic rings. The Kier molecular flexibility index (Phi) is 11.3. The van der Waals surface area contributed by atoms with Crippen molar-refractivity contribution in [2.45, 2.75) is 44.6 Å². The normalized spacial score (nSPS) is 16.7. The highest BCUT2D eigenvalue weighted by Gasteiger charge is 2.48. The first-order valence-electron chi connectivity index (χ1n) is 15.7. The van der Waals surface area contributed by atoms with E-state index in [0.29, 0.717) is 11.3 Å². The minimum absolute atomic E-state index is 0.0206. The monoisotopic (exact) mass is 701 g/mol. The fourth-order valence-corrected chi connectivity index (χ4v) is 6.50. The number of ketones is 3. The Hall–Kier alpha value is -4.86. The molecule has 3 atom stereocenters. The van der Waals surface area contributed by atoms with Crippen molar-refractivity contribution in [2.75, 3.05) is 6.61 Å². The molecule has 0 saturated carbocycles. The maximum atomic E-state index is 14.1. The van der Waals surface area contributed by atoms with Crippen LogP contribution in [0.15, 0.2) is 96.2 Å². The fraction of sp³-hybridized carbons (Fsp3) is 0.263. The molecule has 0 fully saturated rings. The Morgan fingerprint density at radius 1 is 0.857 bits per heavy atom. The van der Waals surface area contributed by atoms with E-state index < -0.39 is 54.5 Å². The van der Waals surface area contributed by atoms with Crippen LogP contribution in [0.3, 0.4) is 0 Å². The molecule has 0 aromatic heterocycles.